The Morgan fingerprint density at radius 2 is 1.81 bits per heavy atom. The van der Waals surface area contributed by atoms with Gasteiger partial charge < -0.3 is 30.5 Å². The first-order valence-corrected chi connectivity index (χ1v) is 17.5. The molecule has 0 aliphatic carbocycles. The Balaban J connectivity index is 1.48. The second kappa shape index (κ2) is 12.9. The Morgan fingerprint density at radius 1 is 1.06 bits per heavy atom. The Morgan fingerprint density at radius 3 is 2.50 bits per heavy atom. The lowest BCUT2D eigenvalue weighted by Crippen LogP contribution is -2.41. The van der Waals surface area contributed by atoms with Crippen LogP contribution >= 0.6 is 11.3 Å². The van der Waals surface area contributed by atoms with Crippen LogP contribution < -0.4 is 25.6 Å². The molecule has 2 amide bonds. The molecule has 48 heavy (non-hydrogen) atoms. The van der Waals surface area contributed by atoms with Gasteiger partial charge in [0.1, 0.15) is 16.4 Å². The molecule has 4 heterocycles. The number of ether oxygens (including phenoxy) is 1. The number of hydrogen-bond donors (Lipinski definition) is 3. The van der Waals surface area contributed by atoms with E-state index < -0.39 is 10.0 Å². The number of hydrogen-bond acceptors (Lipinski definition) is 11. The number of likely N-dealkylation sites (N-methyl/N-ethyl adjacent to an activating group) is 1. The number of rotatable bonds is 10. The Bertz CT molecular complexity index is 2140. The largest absolute Gasteiger partial charge is 0.495 e. The van der Waals surface area contributed by atoms with E-state index in [1.54, 1.807) is 60.8 Å². The van der Waals surface area contributed by atoms with Crippen LogP contribution in [0, 0.1) is 6.92 Å². The van der Waals surface area contributed by atoms with Crippen molar-refractivity contribution in [2.75, 3.05) is 50.3 Å². The summed E-state index contributed by atoms with van der Waals surface area (Å²) in [5.74, 6) is 0.537. The van der Waals surface area contributed by atoms with Crippen molar-refractivity contribution in [3.8, 4) is 5.75 Å². The molecule has 1 atom stereocenters. The summed E-state index contributed by atoms with van der Waals surface area (Å²) in [6, 6.07) is 13.6. The number of anilines is 5. The van der Waals surface area contributed by atoms with Gasteiger partial charge in [0.15, 0.2) is 5.65 Å². The monoisotopic (exact) mass is 688 g/mol. The summed E-state index contributed by atoms with van der Waals surface area (Å²) in [5, 5.41) is 11.3. The van der Waals surface area contributed by atoms with Gasteiger partial charge in [-0.25, -0.2) is 12.4 Å². The molecule has 5 aromatic rings. The van der Waals surface area contributed by atoms with Gasteiger partial charge >= 0.3 is 0 Å². The smallest absolute Gasteiger partial charge is 0.269 e. The maximum atomic E-state index is 13.9. The van der Waals surface area contributed by atoms with E-state index in [4.69, 9.17) is 9.72 Å². The molecule has 0 fully saturated rings. The zero-order chi connectivity index (χ0) is 34.3. The number of fused-ring (bicyclic) bond motifs is 2. The van der Waals surface area contributed by atoms with Crippen LogP contribution in [0.2, 0.25) is 0 Å². The van der Waals surface area contributed by atoms with E-state index in [0.717, 1.165) is 20.8 Å². The molecular weight excluding hydrogens is 653 g/mol. The van der Waals surface area contributed by atoms with Crippen LogP contribution in [-0.2, 0) is 21.2 Å². The van der Waals surface area contributed by atoms with Gasteiger partial charge in [0.2, 0.25) is 11.9 Å². The molecule has 3 aromatic heterocycles. The second-order valence-corrected chi connectivity index (χ2v) is 14.5. The quantitative estimate of drug-likeness (QED) is 0.188. The molecule has 0 saturated heterocycles. The summed E-state index contributed by atoms with van der Waals surface area (Å²) in [7, 11) is 2.75. The molecule has 2 aromatic carbocycles. The van der Waals surface area contributed by atoms with Crippen LogP contribution in [0.4, 0.5) is 28.8 Å². The Labute approximate surface area is 282 Å². The lowest BCUT2D eigenvalue weighted by Gasteiger charge is -2.25. The van der Waals surface area contributed by atoms with Gasteiger partial charge in [0.05, 0.1) is 35.3 Å². The first kappa shape index (κ1) is 32.9. The third-order valence-electron chi connectivity index (χ3n) is 8.02. The van der Waals surface area contributed by atoms with E-state index in [1.807, 2.05) is 45.0 Å². The van der Waals surface area contributed by atoms with Crippen LogP contribution in [0.25, 0.3) is 11.0 Å². The fraction of sp³-hybridized carbons (Fsp3) is 0.273. The average Bonchev–Trinajstić information content (AvgIpc) is 3.77. The summed E-state index contributed by atoms with van der Waals surface area (Å²) < 4.78 is 34.6. The van der Waals surface area contributed by atoms with Gasteiger partial charge in [-0.3, -0.25) is 9.59 Å². The van der Waals surface area contributed by atoms with Gasteiger partial charge in [-0.05, 0) is 81.7 Å². The van der Waals surface area contributed by atoms with E-state index in [9.17, 15) is 18.0 Å². The molecule has 1 aliphatic rings. The highest BCUT2D eigenvalue weighted by atomic mass is 32.2. The molecule has 1 aliphatic heterocycles. The van der Waals surface area contributed by atoms with Crippen LogP contribution in [-0.4, -0.2) is 79.9 Å². The highest BCUT2D eigenvalue weighted by Crippen LogP contribution is 2.41. The van der Waals surface area contributed by atoms with Crippen molar-refractivity contribution in [1.29, 1.82) is 0 Å². The first-order valence-electron chi connectivity index (χ1n) is 15.1. The van der Waals surface area contributed by atoms with Crippen molar-refractivity contribution in [2.24, 2.45) is 0 Å². The summed E-state index contributed by atoms with van der Waals surface area (Å²) in [6.07, 6.45) is 2.10. The highest BCUT2D eigenvalue weighted by Gasteiger charge is 2.33. The lowest BCUT2D eigenvalue weighted by atomic mass is 10.1. The number of aryl methyl sites for hydroxylation is 1. The molecule has 0 saturated carbocycles. The number of nitrogens with one attached hydrogen (secondary N) is 3. The fourth-order valence-electron chi connectivity index (χ4n) is 5.74. The number of carbonyl (C=O) groups is 2. The summed E-state index contributed by atoms with van der Waals surface area (Å²) >= 11 is 1.26. The van der Waals surface area contributed by atoms with Gasteiger partial charge in [0.25, 0.3) is 15.9 Å². The first-order chi connectivity index (χ1) is 22.9. The van der Waals surface area contributed by atoms with Crippen molar-refractivity contribution in [1.82, 2.24) is 24.2 Å². The van der Waals surface area contributed by atoms with Gasteiger partial charge in [0, 0.05) is 25.0 Å². The highest BCUT2D eigenvalue weighted by molar-refractivity contribution is 7.90. The molecule has 13 nitrogen and oxygen atoms in total. The molecule has 0 bridgehead atoms. The Hall–Kier alpha value is -4.99. The van der Waals surface area contributed by atoms with E-state index >= 15 is 0 Å². The standard InChI is InChI=1S/C33H36N8O5S2/c1-19-7-9-22(10-8-19)48(44,45)40-13-11-23-30(35-24-12-14-47-29(24)32(43)34-3)37-33(38-31(23)40)36-25-17-26-21(16-27(25)46-6)15-20(2)41(26)28(42)18-39(4)5/h7-14,16-17,20H,15,18H2,1-6H3,(H,34,43)(H2,35,36,37,38)/t20-/m1/s1. The number of aromatic nitrogens is 3. The van der Waals surface area contributed by atoms with Gasteiger partial charge in [-0.15, -0.1) is 11.3 Å². The van der Waals surface area contributed by atoms with Gasteiger partial charge in [-0.2, -0.15) is 9.97 Å². The normalized spacial score (nSPS) is 14.3. The maximum absolute atomic E-state index is 13.9. The average molecular weight is 689 g/mol. The molecule has 15 heteroatoms. The van der Waals surface area contributed by atoms with Crippen molar-refractivity contribution in [3.05, 3.63) is 76.1 Å². The van der Waals surface area contributed by atoms with E-state index in [0.29, 0.717) is 33.8 Å². The van der Waals surface area contributed by atoms with Crippen molar-refractivity contribution < 1.29 is 22.7 Å². The van der Waals surface area contributed by atoms with E-state index in [-0.39, 0.29) is 46.7 Å². The minimum Gasteiger partial charge on any atom is -0.495 e. The van der Waals surface area contributed by atoms with Crippen molar-refractivity contribution >= 4 is 73.0 Å². The molecule has 0 spiro atoms. The lowest BCUT2D eigenvalue weighted by molar-refractivity contribution is -0.119. The zero-order valence-corrected chi connectivity index (χ0v) is 29.0. The van der Waals surface area contributed by atoms with Crippen molar-refractivity contribution in [2.45, 2.75) is 31.2 Å². The van der Waals surface area contributed by atoms with Crippen LogP contribution in [0.15, 0.2) is 65.0 Å². The van der Waals surface area contributed by atoms with Gasteiger partial charge in [-0.1, -0.05) is 17.7 Å². The third kappa shape index (κ3) is 6.07. The van der Waals surface area contributed by atoms with Crippen LogP contribution in [0.1, 0.15) is 27.7 Å². The number of benzene rings is 2. The van der Waals surface area contributed by atoms with Crippen molar-refractivity contribution in [3.63, 3.8) is 0 Å². The number of nitrogens with zero attached hydrogens (tertiary/aromatic N) is 5. The second-order valence-electron chi connectivity index (χ2n) is 11.8. The summed E-state index contributed by atoms with van der Waals surface area (Å²) in [6.45, 7) is 4.13. The molecular formula is C33H36N8O5S2. The van der Waals surface area contributed by atoms with E-state index in [2.05, 4.69) is 20.9 Å². The third-order valence-corrected chi connectivity index (χ3v) is 10.6. The molecule has 3 N–H and O–H groups in total. The summed E-state index contributed by atoms with van der Waals surface area (Å²) in [5.41, 5.74) is 3.74. The SMILES string of the molecule is CNC(=O)c1sccc1Nc1nc(Nc2cc3c(cc2OC)C[C@@H](C)N3C(=O)CN(C)C)nc2c1ccn2S(=O)(=O)c1ccc(C)cc1. The molecule has 6 rings (SSSR count). The minimum absolute atomic E-state index is 0.0339. The fourth-order valence-corrected chi connectivity index (χ4v) is 7.83. The number of amides is 2. The predicted octanol–water partition coefficient (Wildman–Crippen LogP) is 4.73. The predicted molar refractivity (Wildman–Crippen MR) is 188 cm³/mol. The Kier molecular flexibility index (Phi) is 8.85. The zero-order valence-electron chi connectivity index (χ0n) is 27.4. The molecule has 0 radical (unpaired) electrons. The van der Waals surface area contributed by atoms with Crippen LogP contribution in [0.3, 0.4) is 0 Å². The van der Waals surface area contributed by atoms with Crippen LogP contribution in [0.5, 0.6) is 5.75 Å². The van der Waals surface area contributed by atoms with E-state index in [1.165, 1.54) is 17.5 Å². The number of thiophene rings is 1. The number of methoxy groups -OCH3 is 1. The topological polar surface area (TPSA) is 151 Å². The molecule has 0 unspecified atom stereocenters. The molecule has 250 valence electrons. The number of carbonyl (C=O) groups excluding carboxylic acids is 2. The maximum Gasteiger partial charge on any atom is 0.269 e. The minimum atomic E-state index is -4.05. The summed E-state index contributed by atoms with van der Waals surface area (Å²) in [4.78, 5) is 39.4.